The highest BCUT2D eigenvalue weighted by atomic mass is 79.9. The highest BCUT2D eigenvalue weighted by Gasteiger charge is 2.46. The lowest BCUT2D eigenvalue weighted by atomic mass is 9.82. The molecule has 0 bridgehead atoms. The number of anilines is 1. The first-order valence-corrected chi connectivity index (χ1v) is 8.81. The molecule has 0 aliphatic carbocycles. The van der Waals surface area contributed by atoms with Crippen LogP contribution in [0.1, 0.15) is 37.4 Å². The third-order valence-electron chi connectivity index (χ3n) is 4.89. The molecule has 0 saturated carbocycles. The van der Waals surface area contributed by atoms with E-state index in [0.717, 1.165) is 29.5 Å². The Morgan fingerprint density at radius 1 is 1.45 bits per heavy atom. The van der Waals surface area contributed by atoms with Crippen molar-refractivity contribution >= 4 is 27.6 Å². The summed E-state index contributed by atoms with van der Waals surface area (Å²) in [6, 6.07) is 4.45. The van der Waals surface area contributed by atoms with Gasteiger partial charge in [0, 0.05) is 22.1 Å². The minimum Gasteiger partial charge on any atom is -0.464 e. The van der Waals surface area contributed by atoms with E-state index >= 15 is 0 Å². The number of rotatable bonds is 3. The van der Waals surface area contributed by atoms with Crippen LogP contribution in [0.2, 0.25) is 0 Å². The van der Waals surface area contributed by atoms with Crippen LogP contribution in [0.25, 0.3) is 0 Å². The molecule has 1 saturated heterocycles. The molecule has 1 aromatic carbocycles. The number of carbonyl (C=O) groups excluding carboxylic acids is 1. The standard InChI is InChI=1S/C17H23BrN2O2/c1-4-10-8-12-14(9-13(10)18)19-15(17(21)22-5-2)11-6-7-20(3)16(11)12/h8-9,11,15-16,19H,4-7H2,1-3H3/t11-,15-,16-/m0/s1. The van der Waals surface area contributed by atoms with Crippen LogP contribution in [-0.2, 0) is 16.0 Å². The number of carbonyl (C=O) groups is 1. The van der Waals surface area contributed by atoms with E-state index in [1.807, 2.05) is 6.92 Å². The van der Waals surface area contributed by atoms with Crippen molar-refractivity contribution in [2.45, 2.75) is 38.8 Å². The van der Waals surface area contributed by atoms with E-state index in [0.29, 0.717) is 12.6 Å². The number of ether oxygens (including phenoxy) is 1. The van der Waals surface area contributed by atoms with Gasteiger partial charge in [0.1, 0.15) is 6.04 Å². The Bertz CT molecular complexity index is 590. The SMILES string of the molecule is CCOC(=O)[C@H]1Nc2cc(Br)c(CC)cc2[C@@H]2[C@H]1CCN2C. The molecule has 120 valence electrons. The summed E-state index contributed by atoms with van der Waals surface area (Å²) in [5.74, 6) is 0.150. The first kappa shape index (κ1) is 15.8. The molecule has 3 rings (SSSR count). The molecule has 5 heteroatoms. The average Bonchev–Trinajstić information content (AvgIpc) is 2.88. The van der Waals surface area contributed by atoms with Crippen molar-refractivity contribution in [2.24, 2.45) is 5.92 Å². The van der Waals surface area contributed by atoms with E-state index < -0.39 is 0 Å². The summed E-state index contributed by atoms with van der Waals surface area (Å²) in [4.78, 5) is 14.7. The molecule has 1 N–H and O–H groups in total. The first-order valence-electron chi connectivity index (χ1n) is 8.02. The summed E-state index contributed by atoms with van der Waals surface area (Å²) >= 11 is 3.64. The number of benzene rings is 1. The Labute approximate surface area is 140 Å². The Hall–Kier alpha value is -1.07. The van der Waals surface area contributed by atoms with Gasteiger partial charge in [0.05, 0.1) is 6.61 Å². The molecular formula is C17H23BrN2O2. The van der Waals surface area contributed by atoms with Gasteiger partial charge in [0.15, 0.2) is 0 Å². The summed E-state index contributed by atoms with van der Waals surface area (Å²) in [6.07, 6.45) is 2.02. The van der Waals surface area contributed by atoms with Crippen molar-refractivity contribution in [1.29, 1.82) is 0 Å². The fourth-order valence-electron chi connectivity index (χ4n) is 3.81. The number of esters is 1. The Balaban J connectivity index is 2.03. The molecule has 4 nitrogen and oxygen atoms in total. The lowest BCUT2D eigenvalue weighted by Gasteiger charge is -2.38. The van der Waals surface area contributed by atoms with Crippen molar-refractivity contribution in [3.05, 3.63) is 27.7 Å². The maximum Gasteiger partial charge on any atom is 0.328 e. The van der Waals surface area contributed by atoms with Crippen molar-refractivity contribution in [2.75, 3.05) is 25.5 Å². The molecule has 2 heterocycles. The molecule has 0 unspecified atom stereocenters. The number of nitrogens with one attached hydrogen (secondary N) is 1. The highest BCUT2D eigenvalue weighted by molar-refractivity contribution is 9.10. The summed E-state index contributed by atoms with van der Waals surface area (Å²) in [7, 11) is 2.15. The van der Waals surface area contributed by atoms with Crippen molar-refractivity contribution in [3.63, 3.8) is 0 Å². The number of likely N-dealkylation sites (tertiary alicyclic amines) is 1. The molecule has 1 fully saturated rings. The summed E-state index contributed by atoms with van der Waals surface area (Å²) in [6.45, 7) is 5.47. The van der Waals surface area contributed by atoms with Gasteiger partial charge >= 0.3 is 5.97 Å². The van der Waals surface area contributed by atoms with Gasteiger partial charge in [-0.3, -0.25) is 4.90 Å². The lowest BCUT2D eigenvalue weighted by Crippen LogP contribution is -2.44. The van der Waals surface area contributed by atoms with Crippen LogP contribution in [0.4, 0.5) is 5.69 Å². The normalized spacial score (nSPS) is 27.0. The summed E-state index contributed by atoms with van der Waals surface area (Å²) in [5.41, 5.74) is 3.68. The molecule has 0 amide bonds. The molecule has 0 aromatic heterocycles. The maximum absolute atomic E-state index is 12.4. The van der Waals surface area contributed by atoms with E-state index in [-0.39, 0.29) is 17.9 Å². The van der Waals surface area contributed by atoms with Crippen LogP contribution in [0, 0.1) is 5.92 Å². The second-order valence-electron chi connectivity index (χ2n) is 6.14. The lowest BCUT2D eigenvalue weighted by molar-refractivity contribution is -0.145. The van der Waals surface area contributed by atoms with Crippen LogP contribution in [-0.4, -0.2) is 37.1 Å². The topological polar surface area (TPSA) is 41.6 Å². The molecule has 2 aliphatic rings. The monoisotopic (exact) mass is 366 g/mol. The van der Waals surface area contributed by atoms with Gasteiger partial charge in [-0.15, -0.1) is 0 Å². The Morgan fingerprint density at radius 3 is 2.91 bits per heavy atom. The minimum atomic E-state index is -0.248. The number of hydrogen-bond donors (Lipinski definition) is 1. The van der Waals surface area contributed by atoms with Gasteiger partial charge in [-0.05, 0) is 50.6 Å². The highest BCUT2D eigenvalue weighted by Crippen LogP contribution is 2.47. The number of nitrogens with zero attached hydrogens (tertiary/aromatic N) is 1. The summed E-state index contributed by atoms with van der Waals surface area (Å²) < 4.78 is 6.38. The molecular weight excluding hydrogens is 344 g/mol. The molecule has 3 atom stereocenters. The molecule has 0 radical (unpaired) electrons. The van der Waals surface area contributed by atoms with Crippen LogP contribution < -0.4 is 5.32 Å². The quantitative estimate of drug-likeness (QED) is 0.832. The van der Waals surface area contributed by atoms with Gasteiger partial charge in [-0.2, -0.15) is 0 Å². The van der Waals surface area contributed by atoms with E-state index in [2.05, 4.69) is 52.3 Å². The fourth-order valence-corrected chi connectivity index (χ4v) is 4.44. The zero-order valence-electron chi connectivity index (χ0n) is 13.4. The van der Waals surface area contributed by atoms with Gasteiger partial charge in [-0.1, -0.05) is 28.9 Å². The Morgan fingerprint density at radius 2 is 2.23 bits per heavy atom. The Kier molecular flexibility index (Phi) is 4.46. The van der Waals surface area contributed by atoms with E-state index in [1.165, 1.54) is 11.1 Å². The van der Waals surface area contributed by atoms with Crippen molar-refractivity contribution < 1.29 is 9.53 Å². The third kappa shape index (κ3) is 2.54. The first-order chi connectivity index (χ1) is 10.6. The molecule has 2 aliphatic heterocycles. The van der Waals surface area contributed by atoms with Crippen LogP contribution in [0.5, 0.6) is 0 Å². The number of fused-ring (bicyclic) bond motifs is 3. The third-order valence-corrected chi connectivity index (χ3v) is 5.63. The zero-order valence-corrected chi connectivity index (χ0v) is 14.9. The van der Waals surface area contributed by atoms with Gasteiger partial charge in [0.25, 0.3) is 0 Å². The van der Waals surface area contributed by atoms with E-state index in [1.54, 1.807) is 0 Å². The average molecular weight is 367 g/mol. The smallest absolute Gasteiger partial charge is 0.328 e. The van der Waals surface area contributed by atoms with Crippen LogP contribution in [0.15, 0.2) is 16.6 Å². The van der Waals surface area contributed by atoms with Gasteiger partial charge in [-0.25, -0.2) is 4.79 Å². The minimum absolute atomic E-state index is 0.130. The summed E-state index contributed by atoms with van der Waals surface area (Å²) in [5, 5.41) is 3.43. The van der Waals surface area contributed by atoms with Crippen molar-refractivity contribution in [1.82, 2.24) is 4.90 Å². The second-order valence-corrected chi connectivity index (χ2v) is 6.99. The van der Waals surface area contributed by atoms with Crippen LogP contribution in [0.3, 0.4) is 0 Å². The maximum atomic E-state index is 12.4. The molecule has 0 spiro atoms. The molecule has 1 aromatic rings. The number of halogens is 1. The molecule has 22 heavy (non-hydrogen) atoms. The predicted molar refractivity (Wildman–Crippen MR) is 91.0 cm³/mol. The fraction of sp³-hybridized carbons (Fsp3) is 0.588. The number of aryl methyl sites for hydroxylation is 1. The second kappa shape index (κ2) is 6.20. The van der Waals surface area contributed by atoms with E-state index in [9.17, 15) is 4.79 Å². The predicted octanol–water partition coefficient (Wildman–Crippen LogP) is 3.36. The van der Waals surface area contributed by atoms with Gasteiger partial charge in [0.2, 0.25) is 0 Å². The zero-order chi connectivity index (χ0) is 15.9. The van der Waals surface area contributed by atoms with Crippen LogP contribution >= 0.6 is 15.9 Å². The largest absolute Gasteiger partial charge is 0.464 e. The van der Waals surface area contributed by atoms with E-state index in [4.69, 9.17) is 4.74 Å². The van der Waals surface area contributed by atoms with Gasteiger partial charge < -0.3 is 10.1 Å². The van der Waals surface area contributed by atoms with Crippen molar-refractivity contribution in [3.8, 4) is 0 Å². The number of hydrogen-bond acceptors (Lipinski definition) is 4.